The molecule has 0 amide bonds. The summed E-state index contributed by atoms with van der Waals surface area (Å²) < 4.78 is 0. The molecule has 0 radical (unpaired) electrons. The average molecular weight is 375 g/mol. The van der Waals surface area contributed by atoms with Gasteiger partial charge in [-0.3, -0.25) is 10.1 Å². The van der Waals surface area contributed by atoms with E-state index in [0.29, 0.717) is 16.7 Å². The van der Waals surface area contributed by atoms with Gasteiger partial charge in [-0.1, -0.05) is 91.0 Å². The van der Waals surface area contributed by atoms with Gasteiger partial charge in [0, 0.05) is 21.6 Å². The van der Waals surface area contributed by atoms with E-state index >= 15 is 0 Å². The van der Waals surface area contributed by atoms with Crippen LogP contribution in [0.15, 0.2) is 91.0 Å². The summed E-state index contributed by atoms with van der Waals surface area (Å²) >= 11 is 0. The van der Waals surface area contributed by atoms with Crippen LogP contribution in [-0.2, 0) is 15.1 Å². The van der Waals surface area contributed by atoms with Crippen molar-refractivity contribution in [1.29, 1.82) is 10.8 Å². The highest BCUT2D eigenvalue weighted by Crippen LogP contribution is 2.39. The van der Waals surface area contributed by atoms with E-state index in [-0.39, 0.29) is 4.92 Å². The van der Waals surface area contributed by atoms with Crippen molar-refractivity contribution < 1.29 is 14.5 Å². The van der Waals surface area contributed by atoms with E-state index in [1.807, 2.05) is 91.0 Å². The Morgan fingerprint density at radius 3 is 1.04 bits per heavy atom. The minimum Gasteiger partial charge on any atom is -0.263 e. The SMILES string of the molecule is N=C=O.N=C=O.O=[N+]([O-])C(c1ccccc1)(c1ccccc1)c1ccccc1. The highest BCUT2D eigenvalue weighted by Gasteiger charge is 2.48. The molecule has 0 spiro atoms. The maximum atomic E-state index is 12.2. The van der Waals surface area contributed by atoms with Gasteiger partial charge in [0.15, 0.2) is 0 Å². The Bertz CT molecular complexity index is 824. The molecule has 0 atom stereocenters. The molecule has 0 bridgehead atoms. The zero-order chi connectivity index (χ0) is 20.8. The first-order chi connectivity index (χ1) is 13.6. The van der Waals surface area contributed by atoms with Crippen LogP contribution in [0.4, 0.5) is 0 Å². The number of rotatable bonds is 4. The summed E-state index contributed by atoms with van der Waals surface area (Å²) in [6, 6.07) is 27.4. The fourth-order valence-corrected chi connectivity index (χ4v) is 2.85. The fourth-order valence-electron chi connectivity index (χ4n) is 2.85. The molecule has 0 saturated carbocycles. The minimum atomic E-state index is -1.40. The van der Waals surface area contributed by atoms with Crippen LogP contribution < -0.4 is 0 Å². The molecule has 7 nitrogen and oxygen atoms in total. The van der Waals surface area contributed by atoms with E-state index in [4.69, 9.17) is 20.4 Å². The number of carbonyl (C=O) groups excluding carboxylic acids is 2. The molecule has 7 heteroatoms. The molecule has 0 aromatic heterocycles. The lowest BCUT2D eigenvalue weighted by Crippen LogP contribution is -2.38. The van der Waals surface area contributed by atoms with Gasteiger partial charge < -0.3 is 0 Å². The van der Waals surface area contributed by atoms with Crippen molar-refractivity contribution in [2.75, 3.05) is 0 Å². The first kappa shape index (κ1) is 21.9. The molecule has 28 heavy (non-hydrogen) atoms. The zero-order valence-corrected chi connectivity index (χ0v) is 14.7. The van der Waals surface area contributed by atoms with Crippen molar-refractivity contribution in [2.24, 2.45) is 0 Å². The molecule has 0 fully saturated rings. The fraction of sp³-hybridized carbons (Fsp3) is 0.0476. The number of hydrogen-bond donors (Lipinski definition) is 2. The lowest BCUT2D eigenvalue weighted by atomic mass is 9.77. The highest BCUT2D eigenvalue weighted by molar-refractivity contribution is 5.46. The normalized spacial score (nSPS) is 9.29. The van der Waals surface area contributed by atoms with Gasteiger partial charge in [0.1, 0.15) is 0 Å². The average Bonchev–Trinajstić information content (AvgIpc) is 2.72. The molecule has 2 N–H and O–H groups in total. The minimum absolute atomic E-state index is 0.201. The zero-order valence-electron chi connectivity index (χ0n) is 14.7. The van der Waals surface area contributed by atoms with Gasteiger partial charge in [-0.15, -0.1) is 0 Å². The smallest absolute Gasteiger partial charge is 0.263 e. The van der Waals surface area contributed by atoms with E-state index in [0.717, 1.165) is 12.2 Å². The Kier molecular flexibility index (Phi) is 8.93. The van der Waals surface area contributed by atoms with Gasteiger partial charge in [0.2, 0.25) is 12.2 Å². The van der Waals surface area contributed by atoms with Crippen molar-refractivity contribution in [2.45, 2.75) is 5.54 Å². The second kappa shape index (κ2) is 11.4. The van der Waals surface area contributed by atoms with Crippen molar-refractivity contribution >= 4 is 12.2 Å². The van der Waals surface area contributed by atoms with Crippen LogP contribution in [0, 0.1) is 20.9 Å². The van der Waals surface area contributed by atoms with Crippen LogP contribution in [0.3, 0.4) is 0 Å². The van der Waals surface area contributed by atoms with Crippen molar-refractivity contribution in [1.82, 2.24) is 0 Å². The first-order valence-electron chi connectivity index (χ1n) is 7.98. The van der Waals surface area contributed by atoms with Crippen LogP contribution in [0.2, 0.25) is 0 Å². The predicted octanol–water partition coefficient (Wildman–Crippen LogP) is 4.06. The van der Waals surface area contributed by atoms with E-state index < -0.39 is 5.54 Å². The maximum Gasteiger partial charge on any atom is 0.297 e. The third-order valence-corrected chi connectivity index (χ3v) is 3.85. The highest BCUT2D eigenvalue weighted by atomic mass is 16.6. The molecule has 0 aliphatic heterocycles. The second-order valence-corrected chi connectivity index (χ2v) is 5.27. The Labute approximate surface area is 161 Å². The Morgan fingerprint density at radius 2 is 0.857 bits per heavy atom. The van der Waals surface area contributed by atoms with Gasteiger partial charge >= 0.3 is 0 Å². The molecule has 3 aromatic carbocycles. The summed E-state index contributed by atoms with van der Waals surface area (Å²) in [6.45, 7) is 0. The van der Waals surface area contributed by atoms with E-state index in [1.165, 1.54) is 0 Å². The number of hydrogen-bond acceptors (Lipinski definition) is 6. The van der Waals surface area contributed by atoms with Crippen LogP contribution in [0.5, 0.6) is 0 Å². The van der Waals surface area contributed by atoms with Crippen molar-refractivity contribution in [3.63, 3.8) is 0 Å². The third-order valence-electron chi connectivity index (χ3n) is 3.85. The molecule has 3 rings (SSSR count). The molecule has 3 aromatic rings. The second-order valence-electron chi connectivity index (χ2n) is 5.27. The maximum absolute atomic E-state index is 12.2. The van der Waals surface area contributed by atoms with Crippen LogP contribution in [0.25, 0.3) is 0 Å². The van der Waals surface area contributed by atoms with Gasteiger partial charge in [0.25, 0.3) is 5.54 Å². The summed E-state index contributed by atoms with van der Waals surface area (Å²) in [7, 11) is 0. The van der Waals surface area contributed by atoms with Crippen LogP contribution in [0.1, 0.15) is 16.7 Å². The number of benzene rings is 3. The van der Waals surface area contributed by atoms with E-state index in [1.54, 1.807) is 0 Å². The Hall–Kier alpha value is -4.18. The lowest BCUT2D eigenvalue weighted by molar-refractivity contribution is -0.553. The van der Waals surface area contributed by atoms with E-state index in [9.17, 15) is 10.1 Å². The Morgan fingerprint density at radius 1 is 0.643 bits per heavy atom. The van der Waals surface area contributed by atoms with Gasteiger partial charge in [0.05, 0.1) is 0 Å². The summed E-state index contributed by atoms with van der Waals surface area (Å²) in [6.07, 6.45) is 1.50. The number of isocyanates is 2. The summed E-state index contributed by atoms with van der Waals surface area (Å²) in [4.78, 5) is 28.7. The summed E-state index contributed by atoms with van der Waals surface area (Å²) in [5, 5.41) is 23.0. The first-order valence-corrected chi connectivity index (χ1v) is 7.98. The number of nitrogens with zero attached hydrogens (tertiary/aromatic N) is 1. The predicted molar refractivity (Wildman–Crippen MR) is 103 cm³/mol. The molecule has 0 aliphatic rings. The molecule has 0 unspecified atom stereocenters. The Balaban J connectivity index is 0.000000582. The summed E-state index contributed by atoms with van der Waals surface area (Å²) in [5.41, 5.74) is 0.552. The number of nitrogens with one attached hydrogen (secondary N) is 2. The van der Waals surface area contributed by atoms with Crippen molar-refractivity contribution in [3.05, 3.63) is 118 Å². The molecular formula is C21H17N3O4. The monoisotopic (exact) mass is 375 g/mol. The van der Waals surface area contributed by atoms with Gasteiger partial charge in [-0.05, 0) is 0 Å². The van der Waals surface area contributed by atoms with Crippen molar-refractivity contribution in [3.8, 4) is 0 Å². The topological polar surface area (TPSA) is 125 Å². The molecular weight excluding hydrogens is 358 g/mol. The molecule has 140 valence electrons. The lowest BCUT2D eigenvalue weighted by Gasteiger charge is -2.26. The quantitative estimate of drug-likeness (QED) is 0.234. The van der Waals surface area contributed by atoms with Gasteiger partial charge in [-0.2, -0.15) is 0 Å². The van der Waals surface area contributed by atoms with Crippen LogP contribution >= 0.6 is 0 Å². The standard InChI is InChI=1S/C19H15NO2.2CHNO/c21-20(22)19(16-10-4-1-5-11-16,17-12-6-2-7-13-17)18-14-8-3-9-15-18;2*2-1-3/h1-15H;2*2H. The molecule has 0 saturated heterocycles. The van der Waals surface area contributed by atoms with Gasteiger partial charge in [-0.25, -0.2) is 20.4 Å². The third kappa shape index (κ3) is 4.93. The van der Waals surface area contributed by atoms with Crippen LogP contribution in [-0.4, -0.2) is 17.1 Å². The largest absolute Gasteiger partial charge is 0.297 e. The summed E-state index contributed by atoms with van der Waals surface area (Å²) in [5.74, 6) is 0. The van der Waals surface area contributed by atoms with E-state index in [2.05, 4.69) is 0 Å². The number of nitro groups is 1. The molecule has 0 aliphatic carbocycles. The molecule has 0 heterocycles.